The maximum atomic E-state index is 11.2. The standard InChI is InChI=1S/C12H16N4O3S/c1-3-19-8(17)5-4-6-20-11-9-10(13-7-14-11)12(18)16(2)15-9/h7,18H,3-6H2,1-2H3. The average molecular weight is 296 g/mol. The zero-order valence-corrected chi connectivity index (χ0v) is 12.2. The third-order valence-electron chi connectivity index (χ3n) is 2.63. The molecule has 2 heterocycles. The van der Waals surface area contributed by atoms with Crippen LogP contribution in [0.3, 0.4) is 0 Å². The topological polar surface area (TPSA) is 90.1 Å². The molecule has 0 radical (unpaired) electrons. The lowest BCUT2D eigenvalue weighted by atomic mass is 10.3. The summed E-state index contributed by atoms with van der Waals surface area (Å²) in [5.74, 6) is 0.564. The number of carbonyl (C=O) groups is 1. The summed E-state index contributed by atoms with van der Waals surface area (Å²) in [6.45, 7) is 2.20. The van der Waals surface area contributed by atoms with Crippen LogP contribution in [0.2, 0.25) is 0 Å². The van der Waals surface area contributed by atoms with Crippen LogP contribution < -0.4 is 0 Å². The van der Waals surface area contributed by atoms with Crippen molar-refractivity contribution >= 4 is 28.8 Å². The van der Waals surface area contributed by atoms with Crippen LogP contribution in [-0.2, 0) is 16.6 Å². The van der Waals surface area contributed by atoms with Gasteiger partial charge in [0.05, 0.1) is 6.61 Å². The van der Waals surface area contributed by atoms with E-state index in [1.54, 1.807) is 14.0 Å². The quantitative estimate of drug-likeness (QED) is 0.374. The highest BCUT2D eigenvalue weighted by atomic mass is 32.2. The summed E-state index contributed by atoms with van der Waals surface area (Å²) in [5.41, 5.74) is 1.02. The number of ether oxygens (including phenoxy) is 1. The summed E-state index contributed by atoms with van der Waals surface area (Å²) in [7, 11) is 1.65. The number of hydrogen-bond acceptors (Lipinski definition) is 7. The predicted octanol–water partition coefficient (Wildman–Crippen LogP) is 1.50. The second kappa shape index (κ2) is 6.56. The van der Waals surface area contributed by atoms with Gasteiger partial charge in [0.25, 0.3) is 0 Å². The highest BCUT2D eigenvalue weighted by Crippen LogP contribution is 2.28. The van der Waals surface area contributed by atoms with Gasteiger partial charge in [-0.25, -0.2) is 14.6 Å². The van der Waals surface area contributed by atoms with Crippen molar-refractivity contribution < 1.29 is 14.6 Å². The first-order chi connectivity index (χ1) is 9.63. The van der Waals surface area contributed by atoms with Gasteiger partial charge in [-0.1, -0.05) is 0 Å². The Morgan fingerprint density at radius 1 is 1.45 bits per heavy atom. The fourth-order valence-electron chi connectivity index (χ4n) is 1.69. The summed E-state index contributed by atoms with van der Waals surface area (Å²) in [6.07, 6.45) is 2.49. The lowest BCUT2D eigenvalue weighted by Gasteiger charge is -2.02. The Hall–Kier alpha value is -1.83. The molecule has 7 nitrogen and oxygen atoms in total. The van der Waals surface area contributed by atoms with Crippen molar-refractivity contribution in [2.75, 3.05) is 12.4 Å². The van der Waals surface area contributed by atoms with Crippen LogP contribution in [0.5, 0.6) is 5.88 Å². The largest absolute Gasteiger partial charge is 0.492 e. The normalized spacial score (nSPS) is 10.9. The Morgan fingerprint density at radius 3 is 3.00 bits per heavy atom. The number of hydrogen-bond donors (Lipinski definition) is 1. The van der Waals surface area contributed by atoms with Crippen LogP contribution in [0.4, 0.5) is 0 Å². The number of carbonyl (C=O) groups excluding carboxylic acids is 1. The van der Waals surface area contributed by atoms with E-state index in [1.807, 2.05) is 0 Å². The van der Waals surface area contributed by atoms with E-state index >= 15 is 0 Å². The van der Waals surface area contributed by atoms with E-state index in [1.165, 1.54) is 22.8 Å². The summed E-state index contributed by atoms with van der Waals surface area (Å²) in [5, 5.41) is 14.7. The highest BCUT2D eigenvalue weighted by Gasteiger charge is 2.14. The van der Waals surface area contributed by atoms with Crippen LogP contribution in [0.1, 0.15) is 19.8 Å². The Kier molecular flexibility index (Phi) is 4.78. The Labute approximate surface area is 120 Å². The number of rotatable bonds is 6. The molecule has 0 aliphatic rings. The Morgan fingerprint density at radius 2 is 2.25 bits per heavy atom. The maximum Gasteiger partial charge on any atom is 0.305 e. The third-order valence-corrected chi connectivity index (χ3v) is 3.69. The van der Waals surface area contributed by atoms with Crippen molar-refractivity contribution in [1.82, 2.24) is 19.7 Å². The van der Waals surface area contributed by atoms with Crippen molar-refractivity contribution in [2.24, 2.45) is 7.05 Å². The van der Waals surface area contributed by atoms with Gasteiger partial charge >= 0.3 is 5.97 Å². The van der Waals surface area contributed by atoms with Gasteiger partial charge in [-0.3, -0.25) is 4.79 Å². The fraction of sp³-hybridized carbons (Fsp3) is 0.500. The lowest BCUT2D eigenvalue weighted by Crippen LogP contribution is -2.03. The first kappa shape index (κ1) is 14.6. The molecule has 8 heteroatoms. The van der Waals surface area contributed by atoms with E-state index in [0.717, 1.165) is 5.75 Å². The average Bonchev–Trinajstić information content (AvgIpc) is 2.72. The van der Waals surface area contributed by atoms with Crippen LogP contribution in [0.15, 0.2) is 11.4 Å². The number of esters is 1. The van der Waals surface area contributed by atoms with E-state index in [2.05, 4.69) is 15.1 Å². The molecule has 0 aromatic carbocycles. The number of thioether (sulfide) groups is 1. The molecule has 2 aromatic heterocycles. The van der Waals surface area contributed by atoms with Crippen LogP contribution in [0.25, 0.3) is 11.0 Å². The summed E-state index contributed by atoms with van der Waals surface area (Å²) in [6, 6.07) is 0. The molecule has 0 unspecified atom stereocenters. The minimum absolute atomic E-state index is 0.0239. The van der Waals surface area contributed by atoms with E-state index in [0.29, 0.717) is 35.5 Å². The molecule has 0 spiro atoms. The van der Waals surface area contributed by atoms with Crippen molar-refractivity contribution in [3.05, 3.63) is 6.33 Å². The second-order valence-electron chi connectivity index (χ2n) is 4.08. The second-order valence-corrected chi connectivity index (χ2v) is 5.16. The fourth-order valence-corrected chi connectivity index (χ4v) is 2.57. The van der Waals surface area contributed by atoms with E-state index in [-0.39, 0.29) is 11.8 Å². The maximum absolute atomic E-state index is 11.2. The van der Waals surface area contributed by atoms with Crippen molar-refractivity contribution in [1.29, 1.82) is 0 Å². The SMILES string of the molecule is CCOC(=O)CCCSc1ncnc2c(O)n(C)nc12. The minimum Gasteiger partial charge on any atom is -0.492 e. The Bertz CT molecular complexity index is 614. The van der Waals surface area contributed by atoms with Gasteiger partial charge in [0, 0.05) is 19.2 Å². The molecule has 1 N–H and O–H groups in total. The molecular formula is C12H16N4O3S. The van der Waals surface area contributed by atoms with Gasteiger partial charge in [-0.15, -0.1) is 11.8 Å². The lowest BCUT2D eigenvalue weighted by molar-refractivity contribution is -0.143. The Balaban J connectivity index is 1.97. The first-order valence-corrected chi connectivity index (χ1v) is 7.27. The van der Waals surface area contributed by atoms with Gasteiger partial charge in [-0.2, -0.15) is 5.10 Å². The van der Waals surface area contributed by atoms with E-state index in [9.17, 15) is 9.90 Å². The van der Waals surface area contributed by atoms with Crippen LogP contribution >= 0.6 is 11.8 Å². The van der Waals surface area contributed by atoms with Crippen LogP contribution in [0, 0.1) is 0 Å². The van der Waals surface area contributed by atoms with Gasteiger partial charge in [-0.05, 0) is 13.3 Å². The summed E-state index contributed by atoms with van der Waals surface area (Å²) in [4.78, 5) is 19.4. The van der Waals surface area contributed by atoms with E-state index < -0.39 is 0 Å². The molecule has 0 saturated carbocycles. The van der Waals surface area contributed by atoms with Crippen molar-refractivity contribution in [3.63, 3.8) is 0 Å². The molecule has 0 saturated heterocycles. The number of aromatic hydroxyl groups is 1. The van der Waals surface area contributed by atoms with Gasteiger partial charge in [0.2, 0.25) is 5.88 Å². The molecule has 0 bridgehead atoms. The molecule has 0 aliphatic carbocycles. The van der Waals surface area contributed by atoms with Crippen LogP contribution in [-0.4, -0.2) is 43.2 Å². The number of aromatic nitrogens is 4. The molecule has 0 aliphatic heterocycles. The smallest absolute Gasteiger partial charge is 0.305 e. The zero-order valence-electron chi connectivity index (χ0n) is 11.4. The highest BCUT2D eigenvalue weighted by molar-refractivity contribution is 7.99. The molecule has 0 amide bonds. The third kappa shape index (κ3) is 3.19. The summed E-state index contributed by atoms with van der Waals surface area (Å²) < 4.78 is 6.22. The monoisotopic (exact) mass is 296 g/mol. The molecule has 20 heavy (non-hydrogen) atoms. The predicted molar refractivity (Wildman–Crippen MR) is 74.6 cm³/mol. The first-order valence-electron chi connectivity index (χ1n) is 6.28. The summed E-state index contributed by atoms with van der Waals surface area (Å²) >= 11 is 1.49. The zero-order chi connectivity index (χ0) is 14.5. The molecular weight excluding hydrogens is 280 g/mol. The van der Waals surface area contributed by atoms with Crippen molar-refractivity contribution in [2.45, 2.75) is 24.8 Å². The molecule has 2 rings (SSSR count). The van der Waals surface area contributed by atoms with Gasteiger partial charge in [0.15, 0.2) is 5.52 Å². The van der Waals surface area contributed by atoms with Crippen molar-refractivity contribution in [3.8, 4) is 5.88 Å². The number of nitrogens with zero attached hydrogens (tertiary/aromatic N) is 4. The molecule has 0 fully saturated rings. The molecule has 2 aromatic rings. The minimum atomic E-state index is -0.184. The van der Waals surface area contributed by atoms with Gasteiger partial charge in [0.1, 0.15) is 16.9 Å². The molecule has 108 valence electrons. The van der Waals surface area contributed by atoms with E-state index in [4.69, 9.17) is 4.74 Å². The van der Waals surface area contributed by atoms with Gasteiger partial charge < -0.3 is 9.84 Å². The molecule has 0 atom stereocenters. The number of aryl methyl sites for hydroxylation is 1. The number of fused-ring (bicyclic) bond motifs is 1.